The minimum atomic E-state index is 0.413. The molecule has 1 unspecified atom stereocenters. The second-order valence-corrected chi connectivity index (χ2v) is 11.2. The van der Waals surface area contributed by atoms with Crippen LogP contribution in [0.1, 0.15) is 37.5 Å². The third kappa shape index (κ3) is 5.60. The van der Waals surface area contributed by atoms with Crippen LogP contribution in [-0.4, -0.2) is 66.1 Å². The average molecular weight is 497 g/mol. The van der Waals surface area contributed by atoms with Gasteiger partial charge in [-0.2, -0.15) is 0 Å². The number of pyridine rings is 2. The van der Waals surface area contributed by atoms with Gasteiger partial charge in [0.2, 0.25) is 5.88 Å². The molecule has 4 aromatic heterocycles. The van der Waals surface area contributed by atoms with Crippen molar-refractivity contribution in [1.82, 2.24) is 19.8 Å². The number of aromatic nitrogens is 2. The molecule has 0 N–H and O–H groups in total. The highest BCUT2D eigenvalue weighted by atomic mass is 32.1. The van der Waals surface area contributed by atoms with Crippen molar-refractivity contribution in [2.24, 2.45) is 0 Å². The number of rotatable bonds is 11. The topological polar surface area (TPSA) is 41.5 Å². The van der Waals surface area contributed by atoms with E-state index in [4.69, 9.17) is 9.72 Å². The Morgan fingerprint density at radius 1 is 0.971 bits per heavy atom. The number of likely N-dealkylation sites (N-methyl/N-ethyl adjacent to an activating group) is 2. The monoisotopic (exact) mass is 496 g/mol. The van der Waals surface area contributed by atoms with Crippen molar-refractivity contribution in [3.05, 3.63) is 51.8 Å². The number of nitrogens with zero attached hydrogens (tertiary/aromatic N) is 4. The first kappa shape index (κ1) is 25.0. The van der Waals surface area contributed by atoms with Crippen LogP contribution in [0, 0.1) is 0 Å². The quantitative estimate of drug-likeness (QED) is 0.258. The zero-order valence-corrected chi connectivity index (χ0v) is 22.8. The van der Waals surface area contributed by atoms with Gasteiger partial charge < -0.3 is 14.5 Å². The van der Waals surface area contributed by atoms with Crippen molar-refractivity contribution < 1.29 is 4.74 Å². The molecule has 0 aromatic carbocycles. The molecule has 0 bridgehead atoms. The Bertz CT molecular complexity index is 1230. The lowest BCUT2D eigenvalue weighted by molar-refractivity contribution is 0.260. The average Bonchev–Trinajstić information content (AvgIpc) is 3.44. The van der Waals surface area contributed by atoms with Crippen LogP contribution in [0.4, 0.5) is 0 Å². The van der Waals surface area contributed by atoms with E-state index in [0.717, 1.165) is 42.7 Å². The van der Waals surface area contributed by atoms with Gasteiger partial charge in [0, 0.05) is 42.8 Å². The van der Waals surface area contributed by atoms with Crippen LogP contribution in [0.5, 0.6) is 5.88 Å². The van der Waals surface area contributed by atoms with Gasteiger partial charge >= 0.3 is 0 Å². The maximum atomic E-state index is 5.60. The summed E-state index contributed by atoms with van der Waals surface area (Å²) in [7, 11) is 6.13. The van der Waals surface area contributed by atoms with E-state index >= 15 is 0 Å². The molecule has 0 saturated carbocycles. The molecule has 0 radical (unpaired) electrons. The fourth-order valence-corrected chi connectivity index (χ4v) is 6.21. The number of fused-ring (bicyclic) bond motifs is 2. The minimum absolute atomic E-state index is 0.413. The van der Waals surface area contributed by atoms with E-state index in [1.807, 2.05) is 23.6 Å². The summed E-state index contributed by atoms with van der Waals surface area (Å²) in [4.78, 5) is 15.3. The number of ether oxygens (including phenoxy) is 1. The van der Waals surface area contributed by atoms with E-state index in [9.17, 15) is 0 Å². The van der Waals surface area contributed by atoms with Gasteiger partial charge in [-0.15, -0.1) is 22.7 Å². The number of thiophene rings is 2. The summed E-state index contributed by atoms with van der Waals surface area (Å²) >= 11 is 3.57. The molecule has 0 fully saturated rings. The molecule has 0 amide bonds. The Hall–Kier alpha value is -2.06. The maximum absolute atomic E-state index is 5.60. The first-order valence-corrected chi connectivity index (χ1v) is 13.8. The Morgan fingerprint density at radius 3 is 2.47 bits per heavy atom. The van der Waals surface area contributed by atoms with Crippen molar-refractivity contribution >= 4 is 43.1 Å². The van der Waals surface area contributed by atoms with Gasteiger partial charge in [-0.3, -0.25) is 0 Å². The molecule has 0 spiro atoms. The lowest BCUT2D eigenvalue weighted by Gasteiger charge is -2.25. The summed E-state index contributed by atoms with van der Waals surface area (Å²) in [6.07, 6.45) is 4.89. The van der Waals surface area contributed by atoms with Crippen LogP contribution in [0.15, 0.2) is 35.2 Å². The van der Waals surface area contributed by atoms with Crippen molar-refractivity contribution in [2.45, 2.75) is 52.1 Å². The van der Waals surface area contributed by atoms with E-state index < -0.39 is 0 Å². The van der Waals surface area contributed by atoms with E-state index in [1.54, 1.807) is 18.4 Å². The summed E-state index contributed by atoms with van der Waals surface area (Å²) in [6.45, 7) is 8.84. The van der Waals surface area contributed by atoms with Crippen LogP contribution in [-0.2, 0) is 19.3 Å². The standard InChI is InChI=1S/C27H36N4OS2/c1-18(2)30(4)12-10-21-17-33-26-22(15-24(32-6)29-25(21)26)14-19(3)31(5)13-9-20-16-34-27-23(20)8-7-11-28-27/h7-8,11,15-19H,9-10,12-14H2,1-6H3. The smallest absolute Gasteiger partial charge is 0.213 e. The summed E-state index contributed by atoms with van der Waals surface area (Å²) in [5.74, 6) is 0.714. The van der Waals surface area contributed by atoms with E-state index in [-0.39, 0.29) is 0 Å². The molecule has 4 heterocycles. The summed E-state index contributed by atoms with van der Waals surface area (Å²) in [5, 5.41) is 5.85. The predicted molar refractivity (Wildman–Crippen MR) is 147 cm³/mol. The molecule has 1 atom stereocenters. The zero-order chi connectivity index (χ0) is 24.2. The Kier molecular flexibility index (Phi) is 8.19. The summed E-state index contributed by atoms with van der Waals surface area (Å²) < 4.78 is 6.90. The van der Waals surface area contributed by atoms with Crippen LogP contribution in [0.2, 0.25) is 0 Å². The maximum Gasteiger partial charge on any atom is 0.213 e. The third-order valence-electron chi connectivity index (χ3n) is 6.91. The van der Waals surface area contributed by atoms with E-state index in [2.05, 4.69) is 72.5 Å². The SMILES string of the molecule is COc1cc(CC(C)N(C)CCc2csc3ncccc23)c2scc(CCN(C)C(C)C)c2n1. The summed E-state index contributed by atoms with van der Waals surface area (Å²) in [5.41, 5.74) is 5.17. The summed E-state index contributed by atoms with van der Waals surface area (Å²) in [6, 6.07) is 7.30. The fourth-order valence-electron chi connectivity index (χ4n) is 4.19. The predicted octanol–water partition coefficient (Wildman–Crippen LogP) is 5.90. The molecule has 0 saturated heterocycles. The molecule has 0 aliphatic rings. The van der Waals surface area contributed by atoms with Gasteiger partial charge in [0.1, 0.15) is 4.83 Å². The van der Waals surface area contributed by atoms with Crippen molar-refractivity contribution in [1.29, 1.82) is 0 Å². The van der Waals surface area contributed by atoms with Gasteiger partial charge in [-0.1, -0.05) is 6.07 Å². The Morgan fingerprint density at radius 2 is 1.71 bits per heavy atom. The molecule has 34 heavy (non-hydrogen) atoms. The number of hydrogen-bond donors (Lipinski definition) is 0. The van der Waals surface area contributed by atoms with Crippen LogP contribution >= 0.6 is 22.7 Å². The second kappa shape index (κ2) is 11.1. The van der Waals surface area contributed by atoms with Gasteiger partial charge in [-0.25, -0.2) is 9.97 Å². The second-order valence-electron chi connectivity index (χ2n) is 9.49. The molecule has 182 valence electrons. The fraction of sp³-hybridized carbons (Fsp3) is 0.481. The van der Waals surface area contributed by atoms with Crippen molar-refractivity contribution in [2.75, 3.05) is 34.3 Å². The molecule has 4 aromatic rings. The Balaban J connectivity index is 1.46. The molecule has 0 aliphatic carbocycles. The highest BCUT2D eigenvalue weighted by Gasteiger charge is 2.18. The molecular formula is C27H36N4OS2. The van der Waals surface area contributed by atoms with Crippen molar-refractivity contribution in [3.8, 4) is 5.88 Å². The highest BCUT2D eigenvalue weighted by molar-refractivity contribution is 7.17. The molecule has 5 nitrogen and oxygen atoms in total. The largest absolute Gasteiger partial charge is 0.481 e. The highest BCUT2D eigenvalue weighted by Crippen LogP contribution is 2.32. The van der Waals surface area contributed by atoms with Gasteiger partial charge in [-0.05, 0) is 87.6 Å². The Labute approximate surface area is 211 Å². The molecule has 4 rings (SSSR count). The van der Waals surface area contributed by atoms with Crippen molar-refractivity contribution in [3.63, 3.8) is 0 Å². The first-order valence-electron chi connectivity index (χ1n) is 12.0. The van der Waals surface area contributed by atoms with Crippen LogP contribution in [0.25, 0.3) is 20.4 Å². The number of hydrogen-bond acceptors (Lipinski definition) is 7. The van der Waals surface area contributed by atoms with Gasteiger partial charge in [0.15, 0.2) is 0 Å². The van der Waals surface area contributed by atoms with Crippen LogP contribution < -0.4 is 4.74 Å². The lowest BCUT2D eigenvalue weighted by Crippen LogP contribution is -2.32. The van der Waals surface area contributed by atoms with Gasteiger partial charge in [0.05, 0.1) is 17.3 Å². The molecule has 0 aliphatic heterocycles. The van der Waals surface area contributed by atoms with Crippen LogP contribution in [0.3, 0.4) is 0 Å². The molecule has 7 heteroatoms. The number of methoxy groups -OCH3 is 1. The van der Waals surface area contributed by atoms with Gasteiger partial charge in [0.25, 0.3) is 0 Å². The minimum Gasteiger partial charge on any atom is -0.481 e. The first-order chi connectivity index (χ1) is 16.4. The van der Waals surface area contributed by atoms with E-state index in [0.29, 0.717) is 18.0 Å². The van der Waals surface area contributed by atoms with E-state index in [1.165, 1.54) is 26.8 Å². The third-order valence-corrected chi connectivity index (χ3v) is 8.95. The normalized spacial score (nSPS) is 13.1. The zero-order valence-electron chi connectivity index (χ0n) is 21.2. The molecular weight excluding hydrogens is 460 g/mol. The lowest BCUT2D eigenvalue weighted by atomic mass is 10.0.